The zero-order chi connectivity index (χ0) is 22.0. The van der Waals surface area contributed by atoms with Gasteiger partial charge in [0.05, 0.1) is 0 Å². The average molecular weight is 417 g/mol. The van der Waals surface area contributed by atoms with Gasteiger partial charge in [-0.15, -0.1) is 0 Å². The van der Waals surface area contributed by atoms with Crippen LogP contribution in [0.4, 0.5) is 4.79 Å². The lowest BCUT2D eigenvalue weighted by Gasteiger charge is -2.34. The summed E-state index contributed by atoms with van der Waals surface area (Å²) in [6.07, 6.45) is 3.55. The summed E-state index contributed by atoms with van der Waals surface area (Å²) >= 11 is 0. The maximum atomic E-state index is 12.3. The summed E-state index contributed by atoms with van der Waals surface area (Å²) < 4.78 is 11.2. The number of amides is 1. The first-order valence-corrected chi connectivity index (χ1v) is 10.6. The SMILES string of the molecule is C=CCOc1ccccc1CNC(=NC)NCC1CCCN(C(=O)OC(C)(C)C)C1. The Morgan fingerprint density at radius 3 is 2.80 bits per heavy atom. The fourth-order valence-electron chi connectivity index (χ4n) is 3.30. The standard InChI is InChI=1S/C23H36N4O3/c1-6-14-29-20-12-8-7-11-19(20)16-26-21(24-5)25-15-18-10-9-13-27(17-18)22(28)30-23(2,3)4/h6-8,11-12,18H,1,9-10,13-17H2,2-5H3,(H2,24,25,26). The minimum Gasteiger partial charge on any atom is -0.489 e. The van der Waals surface area contributed by atoms with Crippen molar-refractivity contribution in [2.45, 2.75) is 45.8 Å². The molecule has 0 bridgehead atoms. The summed E-state index contributed by atoms with van der Waals surface area (Å²) in [6.45, 7) is 12.6. The van der Waals surface area contributed by atoms with Crippen LogP contribution in [0.5, 0.6) is 5.75 Å². The van der Waals surface area contributed by atoms with Crippen molar-refractivity contribution in [3.05, 3.63) is 42.5 Å². The predicted octanol–water partition coefficient (Wildman–Crippen LogP) is 3.56. The first-order chi connectivity index (χ1) is 14.3. The largest absolute Gasteiger partial charge is 0.489 e. The molecule has 0 saturated carbocycles. The number of carbonyl (C=O) groups excluding carboxylic acids is 1. The molecule has 30 heavy (non-hydrogen) atoms. The summed E-state index contributed by atoms with van der Waals surface area (Å²) in [6, 6.07) is 7.91. The fourth-order valence-corrected chi connectivity index (χ4v) is 3.30. The van der Waals surface area contributed by atoms with Gasteiger partial charge in [0, 0.05) is 38.8 Å². The Hall–Kier alpha value is -2.70. The van der Waals surface area contributed by atoms with E-state index in [-0.39, 0.29) is 6.09 Å². The number of para-hydroxylation sites is 1. The smallest absolute Gasteiger partial charge is 0.410 e. The van der Waals surface area contributed by atoms with Gasteiger partial charge in [-0.3, -0.25) is 4.99 Å². The van der Waals surface area contributed by atoms with Crippen molar-refractivity contribution in [1.82, 2.24) is 15.5 Å². The predicted molar refractivity (Wildman–Crippen MR) is 121 cm³/mol. The Labute approximate surface area is 180 Å². The number of piperidine rings is 1. The fraction of sp³-hybridized carbons (Fsp3) is 0.565. The lowest BCUT2D eigenvalue weighted by Crippen LogP contribution is -2.47. The lowest BCUT2D eigenvalue weighted by molar-refractivity contribution is 0.0168. The van der Waals surface area contributed by atoms with Crippen LogP contribution in [0.25, 0.3) is 0 Å². The number of nitrogens with zero attached hydrogens (tertiary/aromatic N) is 2. The molecule has 7 nitrogen and oxygen atoms in total. The third-order valence-corrected chi connectivity index (χ3v) is 4.73. The van der Waals surface area contributed by atoms with Crippen LogP contribution in [0.2, 0.25) is 0 Å². The zero-order valence-corrected chi connectivity index (χ0v) is 18.7. The van der Waals surface area contributed by atoms with Gasteiger partial charge in [-0.2, -0.15) is 0 Å². The van der Waals surface area contributed by atoms with Gasteiger partial charge in [0.1, 0.15) is 18.0 Å². The zero-order valence-electron chi connectivity index (χ0n) is 18.7. The molecule has 1 aliphatic rings. The second-order valence-electron chi connectivity index (χ2n) is 8.45. The molecule has 2 N–H and O–H groups in total. The topological polar surface area (TPSA) is 75.2 Å². The van der Waals surface area contributed by atoms with Gasteiger partial charge < -0.3 is 25.0 Å². The van der Waals surface area contributed by atoms with Gasteiger partial charge in [0.15, 0.2) is 5.96 Å². The van der Waals surface area contributed by atoms with Crippen molar-refractivity contribution < 1.29 is 14.3 Å². The number of likely N-dealkylation sites (tertiary alicyclic amines) is 1. The van der Waals surface area contributed by atoms with Gasteiger partial charge in [0.25, 0.3) is 0 Å². The minimum absolute atomic E-state index is 0.231. The van der Waals surface area contributed by atoms with E-state index in [1.165, 1.54) is 0 Å². The Kier molecular flexibility index (Phi) is 9.02. The Morgan fingerprint density at radius 1 is 1.33 bits per heavy atom. The molecule has 0 radical (unpaired) electrons. The van der Waals surface area contributed by atoms with Crippen LogP contribution in [0.15, 0.2) is 41.9 Å². The molecular weight excluding hydrogens is 380 g/mol. The molecule has 0 aromatic heterocycles. The van der Waals surface area contributed by atoms with Crippen molar-refractivity contribution in [3.8, 4) is 5.75 Å². The minimum atomic E-state index is -0.472. The van der Waals surface area contributed by atoms with Crippen LogP contribution >= 0.6 is 0 Å². The first kappa shape index (κ1) is 23.6. The molecule has 1 amide bonds. The summed E-state index contributed by atoms with van der Waals surface area (Å²) in [5.74, 6) is 1.91. The molecule has 1 aliphatic heterocycles. The van der Waals surface area contributed by atoms with Crippen molar-refractivity contribution >= 4 is 12.1 Å². The van der Waals surface area contributed by atoms with E-state index in [2.05, 4.69) is 22.2 Å². The molecule has 7 heteroatoms. The monoisotopic (exact) mass is 416 g/mol. The van der Waals surface area contributed by atoms with E-state index >= 15 is 0 Å². The molecule has 1 heterocycles. The van der Waals surface area contributed by atoms with E-state index in [9.17, 15) is 4.79 Å². The van der Waals surface area contributed by atoms with E-state index in [4.69, 9.17) is 9.47 Å². The quantitative estimate of drug-likeness (QED) is 0.404. The maximum Gasteiger partial charge on any atom is 0.410 e. The van der Waals surface area contributed by atoms with Crippen LogP contribution < -0.4 is 15.4 Å². The highest BCUT2D eigenvalue weighted by molar-refractivity contribution is 5.79. The molecule has 166 valence electrons. The van der Waals surface area contributed by atoms with Crippen molar-refractivity contribution in [2.24, 2.45) is 10.9 Å². The van der Waals surface area contributed by atoms with E-state index < -0.39 is 5.60 Å². The van der Waals surface area contributed by atoms with E-state index in [1.54, 1.807) is 13.1 Å². The number of ether oxygens (including phenoxy) is 2. The second-order valence-corrected chi connectivity index (χ2v) is 8.45. The van der Waals surface area contributed by atoms with Crippen molar-refractivity contribution in [1.29, 1.82) is 0 Å². The first-order valence-electron chi connectivity index (χ1n) is 10.6. The Morgan fingerprint density at radius 2 is 2.10 bits per heavy atom. The van der Waals surface area contributed by atoms with Crippen LogP contribution in [0, 0.1) is 5.92 Å². The van der Waals surface area contributed by atoms with Crippen LogP contribution in [0.3, 0.4) is 0 Å². The maximum absolute atomic E-state index is 12.3. The molecule has 1 fully saturated rings. The normalized spacial score (nSPS) is 17.3. The van der Waals surface area contributed by atoms with Crippen LogP contribution in [0.1, 0.15) is 39.2 Å². The highest BCUT2D eigenvalue weighted by Crippen LogP contribution is 2.19. The molecule has 0 spiro atoms. The summed E-state index contributed by atoms with van der Waals surface area (Å²) in [7, 11) is 1.75. The van der Waals surface area contributed by atoms with Crippen molar-refractivity contribution in [3.63, 3.8) is 0 Å². The number of aliphatic imine (C=N–C) groups is 1. The number of carbonyl (C=O) groups is 1. The number of hydrogen-bond acceptors (Lipinski definition) is 4. The third-order valence-electron chi connectivity index (χ3n) is 4.73. The third kappa shape index (κ3) is 7.97. The van der Waals surface area contributed by atoms with E-state index in [0.29, 0.717) is 25.6 Å². The summed E-state index contributed by atoms with van der Waals surface area (Å²) in [4.78, 5) is 18.5. The molecule has 1 aromatic rings. The van der Waals surface area contributed by atoms with E-state index in [1.807, 2.05) is 49.9 Å². The number of guanidine groups is 1. The number of nitrogens with one attached hydrogen (secondary N) is 2. The average Bonchev–Trinajstić information content (AvgIpc) is 2.72. The van der Waals surface area contributed by atoms with Crippen LogP contribution in [-0.2, 0) is 11.3 Å². The van der Waals surface area contributed by atoms with Gasteiger partial charge in [0.2, 0.25) is 0 Å². The van der Waals surface area contributed by atoms with Crippen LogP contribution in [-0.4, -0.2) is 55.8 Å². The molecule has 1 aromatic carbocycles. The Bertz CT molecular complexity index is 727. The number of hydrogen-bond donors (Lipinski definition) is 2. The van der Waals surface area contributed by atoms with Crippen molar-refractivity contribution in [2.75, 3.05) is 33.3 Å². The summed E-state index contributed by atoms with van der Waals surface area (Å²) in [5, 5.41) is 6.72. The van der Waals surface area contributed by atoms with E-state index in [0.717, 1.165) is 43.2 Å². The molecule has 1 unspecified atom stereocenters. The highest BCUT2D eigenvalue weighted by Gasteiger charge is 2.27. The molecule has 0 aliphatic carbocycles. The molecule has 2 rings (SSSR count). The molecule has 1 atom stereocenters. The molecular formula is C23H36N4O3. The number of rotatable bonds is 7. The summed E-state index contributed by atoms with van der Waals surface area (Å²) in [5.41, 5.74) is 0.580. The highest BCUT2D eigenvalue weighted by atomic mass is 16.6. The Balaban J connectivity index is 1.83. The second kappa shape index (κ2) is 11.5. The van der Waals surface area contributed by atoms with Gasteiger partial charge in [-0.25, -0.2) is 4.79 Å². The molecule has 1 saturated heterocycles. The number of benzene rings is 1. The van der Waals surface area contributed by atoms with Gasteiger partial charge >= 0.3 is 6.09 Å². The lowest BCUT2D eigenvalue weighted by atomic mass is 9.98. The van der Waals surface area contributed by atoms with Gasteiger partial charge in [-0.1, -0.05) is 30.9 Å². The van der Waals surface area contributed by atoms with Gasteiger partial charge in [-0.05, 0) is 45.6 Å².